The average molecular weight is 270 g/mol. The van der Waals surface area contributed by atoms with Crippen LogP contribution in [0.15, 0.2) is 22.8 Å². The topological polar surface area (TPSA) is 69.7 Å². The van der Waals surface area contributed by atoms with E-state index in [1.165, 1.54) is 0 Å². The van der Waals surface area contributed by atoms with Gasteiger partial charge < -0.3 is 24.9 Å². The zero-order chi connectivity index (χ0) is 13.8. The molecule has 1 aromatic rings. The van der Waals surface area contributed by atoms with Gasteiger partial charge in [0.05, 0.1) is 12.9 Å². The summed E-state index contributed by atoms with van der Waals surface area (Å²) in [5, 5.41) is 3.47. The highest BCUT2D eigenvalue weighted by molar-refractivity contribution is 4.95. The summed E-state index contributed by atoms with van der Waals surface area (Å²) in [5.41, 5.74) is 5.52. The van der Waals surface area contributed by atoms with Crippen molar-refractivity contribution in [2.75, 3.05) is 33.4 Å². The molecule has 0 aliphatic rings. The van der Waals surface area contributed by atoms with Crippen molar-refractivity contribution in [2.24, 2.45) is 5.73 Å². The molecule has 0 saturated heterocycles. The smallest absolute Gasteiger partial charge is 0.129 e. The molecular formula is C14H26N2O3. The Morgan fingerprint density at radius 3 is 3.00 bits per heavy atom. The molecule has 1 unspecified atom stereocenters. The summed E-state index contributed by atoms with van der Waals surface area (Å²) in [7, 11) is 1.73. The van der Waals surface area contributed by atoms with E-state index < -0.39 is 0 Å². The zero-order valence-corrected chi connectivity index (χ0v) is 11.8. The molecule has 110 valence electrons. The SMILES string of the molecule is COCC(CCCN)NCCCOCc1ccco1. The summed E-state index contributed by atoms with van der Waals surface area (Å²) in [6, 6.07) is 4.17. The molecule has 1 rings (SSSR count). The van der Waals surface area contributed by atoms with Crippen LogP contribution in [0, 0.1) is 0 Å². The van der Waals surface area contributed by atoms with Crippen LogP contribution < -0.4 is 11.1 Å². The van der Waals surface area contributed by atoms with Crippen LogP contribution >= 0.6 is 0 Å². The van der Waals surface area contributed by atoms with Crippen molar-refractivity contribution >= 4 is 0 Å². The molecular weight excluding hydrogens is 244 g/mol. The van der Waals surface area contributed by atoms with Gasteiger partial charge in [0.15, 0.2) is 0 Å². The molecule has 0 aliphatic carbocycles. The Balaban J connectivity index is 1.98. The van der Waals surface area contributed by atoms with Crippen LogP contribution in [0.1, 0.15) is 25.0 Å². The third kappa shape index (κ3) is 8.00. The fourth-order valence-corrected chi connectivity index (χ4v) is 1.86. The van der Waals surface area contributed by atoms with E-state index in [1.54, 1.807) is 13.4 Å². The minimum Gasteiger partial charge on any atom is -0.467 e. The standard InChI is InChI=1S/C14H26N2O3/c1-17-11-13(5-2-7-15)16-8-4-9-18-12-14-6-3-10-19-14/h3,6,10,13,16H,2,4-5,7-9,11-12,15H2,1H3. The van der Waals surface area contributed by atoms with Gasteiger partial charge in [0.2, 0.25) is 0 Å². The van der Waals surface area contributed by atoms with E-state index in [0.717, 1.165) is 51.3 Å². The molecule has 0 bridgehead atoms. The molecule has 1 heterocycles. The maximum absolute atomic E-state index is 5.52. The van der Waals surface area contributed by atoms with Crippen molar-refractivity contribution in [2.45, 2.75) is 31.9 Å². The Hall–Kier alpha value is -0.880. The fraction of sp³-hybridized carbons (Fsp3) is 0.714. The molecule has 0 aromatic carbocycles. The minimum absolute atomic E-state index is 0.388. The van der Waals surface area contributed by atoms with E-state index in [1.807, 2.05) is 12.1 Å². The molecule has 1 aromatic heterocycles. The van der Waals surface area contributed by atoms with Gasteiger partial charge in [-0.05, 0) is 44.5 Å². The highest BCUT2D eigenvalue weighted by Gasteiger charge is 2.06. The van der Waals surface area contributed by atoms with Gasteiger partial charge in [-0.3, -0.25) is 0 Å². The number of rotatable bonds is 12. The summed E-state index contributed by atoms with van der Waals surface area (Å²) in [6.07, 6.45) is 4.71. The van der Waals surface area contributed by atoms with Crippen LogP contribution in [0.2, 0.25) is 0 Å². The van der Waals surface area contributed by atoms with Crippen molar-refractivity contribution in [1.82, 2.24) is 5.32 Å². The summed E-state index contributed by atoms with van der Waals surface area (Å²) in [4.78, 5) is 0. The average Bonchev–Trinajstić information content (AvgIpc) is 2.93. The molecule has 0 aliphatic heterocycles. The second kappa shape index (κ2) is 11.0. The highest BCUT2D eigenvalue weighted by Crippen LogP contribution is 2.02. The van der Waals surface area contributed by atoms with Gasteiger partial charge in [-0.25, -0.2) is 0 Å². The minimum atomic E-state index is 0.388. The van der Waals surface area contributed by atoms with Gasteiger partial charge in [-0.2, -0.15) is 0 Å². The number of furan rings is 1. The lowest BCUT2D eigenvalue weighted by Gasteiger charge is -2.17. The number of nitrogens with two attached hydrogens (primary N) is 1. The number of ether oxygens (including phenoxy) is 2. The van der Waals surface area contributed by atoms with Gasteiger partial charge in [0.25, 0.3) is 0 Å². The fourth-order valence-electron chi connectivity index (χ4n) is 1.86. The lowest BCUT2D eigenvalue weighted by atomic mass is 10.1. The van der Waals surface area contributed by atoms with Crippen LogP contribution in [0.5, 0.6) is 0 Å². The lowest BCUT2D eigenvalue weighted by Crippen LogP contribution is -2.34. The Morgan fingerprint density at radius 2 is 2.32 bits per heavy atom. The maximum atomic E-state index is 5.52. The summed E-state index contributed by atoms with van der Waals surface area (Å²) >= 11 is 0. The summed E-state index contributed by atoms with van der Waals surface area (Å²) < 4.78 is 15.9. The van der Waals surface area contributed by atoms with Gasteiger partial charge in [-0.1, -0.05) is 0 Å². The quantitative estimate of drug-likeness (QED) is 0.564. The predicted molar refractivity (Wildman–Crippen MR) is 74.9 cm³/mol. The molecule has 0 fully saturated rings. The number of methoxy groups -OCH3 is 1. The Morgan fingerprint density at radius 1 is 1.42 bits per heavy atom. The third-order valence-electron chi connectivity index (χ3n) is 2.85. The third-order valence-corrected chi connectivity index (χ3v) is 2.85. The van der Waals surface area contributed by atoms with Crippen molar-refractivity contribution in [3.63, 3.8) is 0 Å². The van der Waals surface area contributed by atoms with Gasteiger partial charge >= 0.3 is 0 Å². The monoisotopic (exact) mass is 270 g/mol. The molecule has 3 N–H and O–H groups in total. The Bertz CT molecular complexity index is 291. The largest absolute Gasteiger partial charge is 0.467 e. The molecule has 0 saturated carbocycles. The van der Waals surface area contributed by atoms with E-state index in [9.17, 15) is 0 Å². The van der Waals surface area contributed by atoms with Crippen LogP contribution in [-0.4, -0.2) is 39.5 Å². The normalized spacial score (nSPS) is 12.7. The molecule has 0 radical (unpaired) electrons. The zero-order valence-electron chi connectivity index (χ0n) is 11.8. The highest BCUT2D eigenvalue weighted by atomic mass is 16.5. The lowest BCUT2D eigenvalue weighted by molar-refractivity contribution is 0.102. The van der Waals surface area contributed by atoms with Crippen molar-refractivity contribution in [1.29, 1.82) is 0 Å². The van der Waals surface area contributed by atoms with E-state index in [-0.39, 0.29) is 0 Å². The molecule has 0 amide bonds. The van der Waals surface area contributed by atoms with Gasteiger partial charge in [-0.15, -0.1) is 0 Å². The molecule has 5 nitrogen and oxygen atoms in total. The second-order valence-electron chi connectivity index (χ2n) is 4.52. The van der Waals surface area contributed by atoms with Crippen LogP contribution in [-0.2, 0) is 16.1 Å². The van der Waals surface area contributed by atoms with Crippen molar-refractivity contribution in [3.05, 3.63) is 24.2 Å². The maximum Gasteiger partial charge on any atom is 0.129 e. The van der Waals surface area contributed by atoms with E-state index >= 15 is 0 Å². The molecule has 19 heavy (non-hydrogen) atoms. The van der Waals surface area contributed by atoms with Crippen LogP contribution in [0.4, 0.5) is 0 Å². The second-order valence-corrected chi connectivity index (χ2v) is 4.52. The Kier molecular flexibility index (Phi) is 9.36. The first-order valence-electron chi connectivity index (χ1n) is 6.89. The summed E-state index contributed by atoms with van der Waals surface area (Å²) in [6.45, 7) is 3.66. The van der Waals surface area contributed by atoms with Crippen molar-refractivity contribution < 1.29 is 13.9 Å². The molecule has 0 spiro atoms. The van der Waals surface area contributed by atoms with Crippen LogP contribution in [0.25, 0.3) is 0 Å². The van der Waals surface area contributed by atoms with Crippen LogP contribution in [0.3, 0.4) is 0 Å². The Labute approximate surface area is 115 Å². The first-order chi connectivity index (χ1) is 9.36. The van der Waals surface area contributed by atoms with E-state index in [2.05, 4.69) is 5.32 Å². The predicted octanol–water partition coefficient (Wildman–Crippen LogP) is 1.53. The number of hydrogen-bond donors (Lipinski definition) is 2. The number of hydrogen-bond acceptors (Lipinski definition) is 5. The molecule has 1 atom stereocenters. The first kappa shape index (κ1) is 16.2. The van der Waals surface area contributed by atoms with E-state index in [0.29, 0.717) is 12.6 Å². The first-order valence-corrected chi connectivity index (χ1v) is 6.89. The van der Waals surface area contributed by atoms with Crippen molar-refractivity contribution in [3.8, 4) is 0 Å². The van der Waals surface area contributed by atoms with E-state index in [4.69, 9.17) is 19.6 Å². The van der Waals surface area contributed by atoms with Gasteiger partial charge in [0.1, 0.15) is 12.4 Å². The molecule has 5 heteroatoms. The number of nitrogens with one attached hydrogen (secondary N) is 1. The van der Waals surface area contributed by atoms with Gasteiger partial charge in [0, 0.05) is 19.8 Å². The summed E-state index contributed by atoms with van der Waals surface area (Å²) in [5.74, 6) is 0.869.